The summed E-state index contributed by atoms with van der Waals surface area (Å²) in [5, 5.41) is 0. The molecule has 1 aromatic rings. The first-order valence-electron chi connectivity index (χ1n) is 6.31. The summed E-state index contributed by atoms with van der Waals surface area (Å²) in [6.07, 6.45) is 5.01. The molecule has 0 bridgehead atoms. The third kappa shape index (κ3) is 2.97. The van der Waals surface area contributed by atoms with Crippen LogP contribution in [0.4, 0.5) is 0 Å². The molecule has 2 rings (SSSR count). The molecule has 3 nitrogen and oxygen atoms in total. The van der Waals surface area contributed by atoms with Gasteiger partial charge in [-0.2, -0.15) is 0 Å². The number of methoxy groups -OCH3 is 1. The van der Waals surface area contributed by atoms with Crippen LogP contribution in [0.15, 0.2) is 30.7 Å². The average Bonchev–Trinajstić information content (AvgIpc) is 2.89. The van der Waals surface area contributed by atoms with E-state index in [1.165, 1.54) is 11.1 Å². The van der Waals surface area contributed by atoms with Gasteiger partial charge in [-0.3, -0.25) is 0 Å². The number of benzene rings is 1. The quantitative estimate of drug-likeness (QED) is 0.794. The Morgan fingerprint density at radius 2 is 2.00 bits per heavy atom. The van der Waals surface area contributed by atoms with Crippen LogP contribution in [0.5, 0.6) is 5.75 Å². The van der Waals surface area contributed by atoms with Crippen LogP contribution in [-0.2, 0) is 9.47 Å². The highest BCUT2D eigenvalue weighted by atomic mass is 16.7. The highest BCUT2D eigenvalue weighted by Gasteiger charge is 2.15. The number of hydrogen-bond donors (Lipinski definition) is 0. The van der Waals surface area contributed by atoms with Crippen molar-refractivity contribution in [1.29, 1.82) is 0 Å². The fourth-order valence-electron chi connectivity index (χ4n) is 2.10. The van der Waals surface area contributed by atoms with Crippen molar-refractivity contribution >= 4 is 0 Å². The molecule has 98 valence electrons. The maximum absolute atomic E-state index is 5.35. The second-order valence-corrected chi connectivity index (χ2v) is 4.68. The van der Waals surface area contributed by atoms with Crippen molar-refractivity contribution in [2.24, 2.45) is 0 Å². The summed E-state index contributed by atoms with van der Waals surface area (Å²) in [5.41, 5.74) is 2.46. The lowest BCUT2D eigenvalue weighted by Crippen LogP contribution is -2.08. The van der Waals surface area contributed by atoms with Crippen molar-refractivity contribution in [2.45, 2.75) is 38.9 Å². The zero-order valence-electron chi connectivity index (χ0n) is 11.2. The molecule has 1 heterocycles. The number of rotatable bonds is 5. The Morgan fingerprint density at radius 3 is 2.67 bits per heavy atom. The van der Waals surface area contributed by atoms with E-state index in [1.54, 1.807) is 19.6 Å². The van der Waals surface area contributed by atoms with Crippen LogP contribution < -0.4 is 4.74 Å². The molecule has 0 fully saturated rings. The molecule has 0 saturated carbocycles. The van der Waals surface area contributed by atoms with Crippen LogP contribution >= 0.6 is 0 Å². The van der Waals surface area contributed by atoms with Gasteiger partial charge in [0.15, 0.2) is 0 Å². The van der Waals surface area contributed by atoms with Crippen LogP contribution in [0.1, 0.15) is 36.8 Å². The highest BCUT2D eigenvalue weighted by Crippen LogP contribution is 2.28. The molecule has 0 unspecified atom stereocenters. The van der Waals surface area contributed by atoms with E-state index in [9.17, 15) is 0 Å². The summed E-state index contributed by atoms with van der Waals surface area (Å²) in [6, 6.07) is 6.39. The van der Waals surface area contributed by atoms with Gasteiger partial charge in [0.05, 0.1) is 7.11 Å². The van der Waals surface area contributed by atoms with Gasteiger partial charge in [-0.1, -0.05) is 19.1 Å². The molecular weight excluding hydrogens is 228 g/mol. The van der Waals surface area contributed by atoms with E-state index in [-0.39, 0.29) is 6.29 Å². The number of aryl methyl sites for hydroxylation is 1. The lowest BCUT2D eigenvalue weighted by Gasteiger charge is -2.16. The molecule has 18 heavy (non-hydrogen) atoms. The van der Waals surface area contributed by atoms with Crippen molar-refractivity contribution < 1.29 is 14.2 Å². The van der Waals surface area contributed by atoms with Gasteiger partial charge in [0.2, 0.25) is 6.29 Å². The van der Waals surface area contributed by atoms with E-state index in [4.69, 9.17) is 14.2 Å². The first kappa shape index (κ1) is 12.8. The van der Waals surface area contributed by atoms with Crippen molar-refractivity contribution in [3.8, 4) is 5.75 Å². The van der Waals surface area contributed by atoms with E-state index in [2.05, 4.69) is 32.0 Å². The van der Waals surface area contributed by atoms with Gasteiger partial charge in [0.1, 0.15) is 18.3 Å². The molecule has 3 heteroatoms. The standard InChI is InChI=1S/C15H20O3/c1-11(5-7-15-17-8-9-18-15)13-6-4-12(2)14(10-13)16-3/h4,6,8-11,15H,5,7H2,1-3H3/t11-/m1/s1. The predicted molar refractivity (Wildman–Crippen MR) is 70.5 cm³/mol. The molecule has 1 atom stereocenters. The predicted octanol–water partition coefficient (Wildman–Crippen LogP) is 3.73. The van der Waals surface area contributed by atoms with E-state index < -0.39 is 0 Å². The van der Waals surface area contributed by atoms with Gasteiger partial charge >= 0.3 is 0 Å². The minimum atomic E-state index is -0.111. The maximum atomic E-state index is 5.35. The minimum absolute atomic E-state index is 0.111. The summed E-state index contributed by atoms with van der Waals surface area (Å²) < 4.78 is 15.9. The Labute approximate surface area is 108 Å². The second kappa shape index (κ2) is 5.80. The van der Waals surface area contributed by atoms with Crippen molar-refractivity contribution in [3.05, 3.63) is 41.9 Å². The van der Waals surface area contributed by atoms with Crippen molar-refractivity contribution in [3.63, 3.8) is 0 Å². The third-order valence-electron chi connectivity index (χ3n) is 3.35. The molecule has 1 aliphatic rings. The Hall–Kier alpha value is -1.64. The summed E-state index contributed by atoms with van der Waals surface area (Å²) >= 11 is 0. The zero-order valence-corrected chi connectivity index (χ0v) is 11.2. The Morgan fingerprint density at radius 1 is 1.28 bits per heavy atom. The fraction of sp³-hybridized carbons (Fsp3) is 0.467. The van der Waals surface area contributed by atoms with Crippen LogP contribution in [0, 0.1) is 6.92 Å². The SMILES string of the molecule is COc1cc([C@H](C)CCC2OC=CO2)ccc1C. The monoisotopic (exact) mass is 248 g/mol. The van der Waals surface area contributed by atoms with Crippen LogP contribution in [-0.4, -0.2) is 13.4 Å². The van der Waals surface area contributed by atoms with E-state index in [0.717, 1.165) is 18.6 Å². The molecule has 0 amide bonds. The zero-order chi connectivity index (χ0) is 13.0. The molecule has 1 aliphatic heterocycles. The Bertz CT molecular complexity index is 418. The maximum Gasteiger partial charge on any atom is 0.239 e. The molecule has 0 N–H and O–H groups in total. The van der Waals surface area contributed by atoms with Gasteiger partial charge in [-0.25, -0.2) is 0 Å². The molecule has 0 aliphatic carbocycles. The molecule has 0 radical (unpaired) electrons. The van der Waals surface area contributed by atoms with Crippen molar-refractivity contribution in [1.82, 2.24) is 0 Å². The van der Waals surface area contributed by atoms with Gasteiger partial charge in [-0.15, -0.1) is 0 Å². The van der Waals surface area contributed by atoms with Crippen LogP contribution in [0.2, 0.25) is 0 Å². The van der Waals surface area contributed by atoms with Gasteiger partial charge in [0, 0.05) is 6.42 Å². The normalized spacial score (nSPS) is 16.2. The third-order valence-corrected chi connectivity index (χ3v) is 3.35. The summed E-state index contributed by atoms with van der Waals surface area (Å²) in [5.74, 6) is 1.42. The molecule has 0 aromatic heterocycles. The van der Waals surface area contributed by atoms with E-state index >= 15 is 0 Å². The second-order valence-electron chi connectivity index (χ2n) is 4.68. The molecule has 0 saturated heterocycles. The first-order valence-corrected chi connectivity index (χ1v) is 6.31. The summed E-state index contributed by atoms with van der Waals surface area (Å²) in [7, 11) is 1.71. The van der Waals surface area contributed by atoms with Gasteiger partial charge < -0.3 is 14.2 Å². The Balaban J connectivity index is 1.93. The smallest absolute Gasteiger partial charge is 0.239 e. The van der Waals surface area contributed by atoms with Gasteiger partial charge in [-0.05, 0) is 36.5 Å². The van der Waals surface area contributed by atoms with E-state index in [0.29, 0.717) is 5.92 Å². The molecular formula is C15H20O3. The van der Waals surface area contributed by atoms with Crippen LogP contribution in [0.25, 0.3) is 0 Å². The fourth-order valence-corrected chi connectivity index (χ4v) is 2.10. The molecule has 0 spiro atoms. The lowest BCUT2D eigenvalue weighted by atomic mass is 9.95. The number of ether oxygens (including phenoxy) is 3. The first-order chi connectivity index (χ1) is 8.70. The summed E-state index contributed by atoms with van der Waals surface area (Å²) in [4.78, 5) is 0. The largest absolute Gasteiger partial charge is 0.496 e. The Kier molecular flexibility index (Phi) is 4.13. The number of hydrogen-bond acceptors (Lipinski definition) is 3. The average molecular weight is 248 g/mol. The molecule has 1 aromatic carbocycles. The van der Waals surface area contributed by atoms with Gasteiger partial charge in [0.25, 0.3) is 0 Å². The highest BCUT2D eigenvalue weighted by molar-refractivity contribution is 5.37. The lowest BCUT2D eigenvalue weighted by molar-refractivity contribution is -0.0300. The van der Waals surface area contributed by atoms with E-state index in [1.807, 2.05) is 0 Å². The van der Waals surface area contributed by atoms with Crippen LogP contribution in [0.3, 0.4) is 0 Å². The minimum Gasteiger partial charge on any atom is -0.496 e. The topological polar surface area (TPSA) is 27.7 Å². The summed E-state index contributed by atoms with van der Waals surface area (Å²) in [6.45, 7) is 4.27. The van der Waals surface area contributed by atoms with Crippen molar-refractivity contribution in [2.75, 3.05) is 7.11 Å².